The maximum absolute atomic E-state index is 6.20. The van der Waals surface area contributed by atoms with E-state index >= 15 is 0 Å². The minimum absolute atomic E-state index is 0.532. The average Bonchev–Trinajstić information content (AvgIpc) is 2.64. The number of aryl methyl sites for hydroxylation is 1. The van der Waals surface area contributed by atoms with Gasteiger partial charge in [-0.05, 0) is 28.9 Å². The molecule has 0 bridgehead atoms. The van der Waals surface area contributed by atoms with Crippen molar-refractivity contribution in [2.75, 3.05) is 7.05 Å². The molecule has 1 atom stereocenters. The van der Waals surface area contributed by atoms with Gasteiger partial charge in [-0.15, -0.1) is 0 Å². The first-order chi connectivity index (χ1) is 12.3. The van der Waals surface area contributed by atoms with Gasteiger partial charge in [0.25, 0.3) is 0 Å². The number of hydrogen-bond donors (Lipinski definition) is 0. The Balaban J connectivity index is 1.86. The summed E-state index contributed by atoms with van der Waals surface area (Å²) in [5.41, 5.74) is 3.51. The van der Waals surface area contributed by atoms with Gasteiger partial charge in [0.15, 0.2) is 0 Å². The van der Waals surface area contributed by atoms with Gasteiger partial charge in [0.05, 0.1) is 0 Å². The quantitative estimate of drug-likeness (QED) is 0.482. The highest BCUT2D eigenvalue weighted by Crippen LogP contribution is 2.25. The van der Waals surface area contributed by atoms with E-state index in [-0.39, 0.29) is 0 Å². The number of para-hydroxylation sites is 1. The maximum Gasteiger partial charge on any atom is 0.130 e. The van der Waals surface area contributed by atoms with Crippen LogP contribution in [0.25, 0.3) is 0 Å². The lowest BCUT2D eigenvalue weighted by atomic mass is 10.2. The lowest BCUT2D eigenvalue weighted by Crippen LogP contribution is -2.12. The normalized spacial score (nSPS) is 11.4. The molecule has 0 aliphatic carbocycles. The largest absolute Gasteiger partial charge is 0.488 e. The van der Waals surface area contributed by atoms with Crippen molar-refractivity contribution in [3.63, 3.8) is 0 Å². The maximum atomic E-state index is 6.20. The van der Waals surface area contributed by atoms with E-state index in [9.17, 15) is 0 Å². The van der Waals surface area contributed by atoms with Crippen molar-refractivity contribution in [1.29, 1.82) is 0 Å². The first-order valence-corrected chi connectivity index (χ1v) is 9.32. The molecule has 0 saturated carbocycles. The molecular formula is C22H22NOP. The summed E-state index contributed by atoms with van der Waals surface area (Å²) in [7, 11) is 2.34. The Morgan fingerprint density at radius 2 is 1.60 bits per heavy atom. The second-order valence-electron chi connectivity index (χ2n) is 5.83. The molecule has 0 radical (unpaired) electrons. The standard InChI is InChI=1S/C22H22NOP/c1-17-9-8-14-21(22(17)24-16-18-10-4-3-5-11-18)25-20-13-7-6-12-19(20)15-23-2/h3-15,25H,16H2,1-2H3. The molecule has 3 aromatic carbocycles. The lowest BCUT2D eigenvalue weighted by Gasteiger charge is -2.15. The third kappa shape index (κ3) is 4.55. The smallest absolute Gasteiger partial charge is 0.130 e. The third-order valence-electron chi connectivity index (χ3n) is 3.94. The van der Waals surface area contributed by atoms with Gasteiger partial charge in [-0.1, -0.05) is 81.4 Å². The number of hydrogen-bond acceptors (Lipinski definition) is 2. The molecule has 0 amide bonds. The zero-order valence-corrected chi connectivity index (χ0v) is 15.6. The Morgan fingerprint density at radius 1 is 0.880 bits per heavy atom. The van der Waals surface area contributed by atoms with Crippen LogP contribution < -0.4 is 15.3 Å². The predicted octanol–water partition coefficient (Wildman–Crippen LogP) is 4.25. The van der Waals surface area contributed by atoms with E-state index in [4.69, 9.17) is 4.74 Å². The molecular weight excluding hydrogens is 325 g/mol. The van der Waals surface area contributed by atoms with Gasteiger partial charge < -0.3 is 4.74 Å². The van der Waals surface area contributed by atoms with E-state index in [2.05, 4.69) is 60.4 Å². The first kappa shape index (κ1) is 17.4. The number of benzene rings is 3. The molecule has 0 fully saturated rings. The van der Waals surface area contributed by atoms with E-state index in [1.165, 1.54) is 27.3 Å². The second-order valence-corrected chi connectivity index (χ2v) is 7.15. The average molecular weight is 347 g/mol. The Morgan fingerprint density at radius 3 is 2.40 bits per heavy atom. The zero-order valence-electron chi connectivity index (χ0n) is 14.6. The van der Waals surface area contributed by atoms with Crippen molar-refractivity contribution >= 4 is 25.4 Å². The SMILES string of the molecule is CN=Cc1ccccc1Pc1cccc(C)c1OCc1ccccc1. The molecule has 3 aromatic rings. The highest BCUT2D eigenvalue weighted by molar-refractivity contribution is 7.56. The second kappa shape index (κ2) is 8.60. The van der Waals surface area contributed by atoms with Crippen molar-refractivity contribution in [2.24, 2.45) is 4.99 Å². The van der Waals surface area contributed by atoms with Crippen molar-refractivity contribution in [1.82, 2.24) is 0 Å². The molecule has 0 aromatic heterocycles. The lowest BCUT2D eigenvalue weighted by molar-refractivity contribution is 0.307. The van der Waals surface area contributed by atoms with Crippen molar-refractivity contribution in [3.8, 4) is 5.75 Å². The van der Waals surface area contributed by atoms with Gasteiger partial charge in [0.1, 0.15) is 12.4 Å². The Hall–Kier alpha value is -2.44. The number of nitrogens with zero attached hydrogens (tertiary/aromatic N) is 1. The van der Waals surface area contributed by atoms with Crippen LogP contribution in [0, 0.1) is 6.92 Å². The minimum atomic E-state index is 0.532. The van der Waals surface area contributed by atoms with Crippen LogP contribution in [-0.4, -0.2) is 13.3 Å². The van der Waals surface area contributed by atoms with Crippen molar-refractivity contribution < 1.29 is 4.74 Å². The van der Waals surface area contributed by atoms with Gasteiger partial charge in [-0.2, -0.15) is 0 Å². The predicted molar refractivity (Wildman–Crippen MR) is 109 cm³/mol. The van der Waals surface area contributed by atoms with Crippen LogP contribution in [0.3, 0.4) is 0 Å². The van der Waals surface area contributed by atoms with E-state index < -0.39 is 0 Å². The summed E-state index contributed by atoms with van der Waals surface area (Å²) >= 11 is 0. The number of ether oxygens (including phenoxy) is 1. The molecule has 0 spiro atoms. The fourth-order valence-corrected chi connectivity index (χ4v) is 4.00. The molecule has 2 nitrogen and oxygen atoms in total. The summed E-state index contributed by atoms with van der Waals surface area (Å²) in [6.45, 7) is 2.69. The van der Waals surface area contributed by atoms with Gasteiger partial charge in [-0.3, -0.25) is 4.99 Å². The van der Waals surface area contributed by atoms with Crippen LogP contribution in [0.4, 0.5) is 0 Å². The Kier molecular flexibility index (Phi) is 5.98. The van der Waals surface area contributed by atoms with Gasteiger partial charge in [-0.25, -0.2) is 0 Å². The summed E-state index contributed by atoms with van der Waals surface area (Å²) in [5, 5.41) is 2.51. The van der Waals surface area contributed by atoms with E-state index in [0.29, 0.717) is 15.2 Å². The highest BCUT2D eigenvalue weighted by atomic mass is 31.1. The molecule has 0 aliphatic rings. The number of rotatable bonds is 6. The Labute approximate surface area is 151 Å². The summed E-state index contributed by atoms with van der Waals surface area (Å²) in [5.74, 6) is 0.993. The van der Waals surface area contributed by atoms with Crippen LogP contribution in [0.5, 0.6) is 5.75 Å². The topological polar surface area (TPSA) is 21.6 Å². The molecule has 3 rings (SSSR count). The van der Waals surface area contributed by atoms with E-state index in [0.717, 1.165) is 5.75 Å². The summed E-state index contributed by atoms with van der Waals surface area (Å²) < 4.78 is 6.20. The van der Waals surface area contributed by atoms with Gasteiger partial charge in [0.2, 0.25) is 0 Å². The van der Waals surface area contributed by atoms with E-state index in [1.807, 2.05) is 30.5 Å². The van der Waals surface area contributed by atoms with Crippen LogP contribution in [0.15, 0.2) is 77.8 Å². The molecule has 25 heavy (non-hydrogen) atoms. The summed E-state index contributed by atoms with van der Waals surface area (Å²) in [6.07, 6.45) is 1.92. The van der Waals surface area contributed by atoms with Crippen molar-refractivity contribution in [2.45, 2.75) is 13.5 Å². The molecule has 0 saturated heterocycles. The molecule has 3 heteroatoms. The molecule has 0 heterocycles. The molecule has 126 valence electrons. The zero-order chi connectivity index (χ0) is 17.5. The molecule has 0 aliphatic heterocycles. The first-order valence-electron chi connectivity index (χ1n) is 8.32. The Bertz CT molecular complexity index is 859. The fraction of sp³-hybridized carbons (Fsp3) is 0.136. The monoisotopic (exact) mass is 347 g/mol. The van der Waals surface area contributed by atoms with E-state index in [1.54, 1.807) is 7.05 Å². The van der Waals surface area contributed by atoms with Crippen LogP contribution in [0.1, 0.15) is 16.7 Å². The minimum Gasteiger partial charge on any atom is -0.488 e. The number of aliphatic imine (C=N–C) groups is 1. The van der Waals surface area contributed by atoms with Crippen LogP contribution in [-0.2, 0) is 6.61 Å². The van der Waals surface area contributed by atoms with Gasteiger partial charge in [0, 0.05) is 18.6 Å². The van der Waals surface area contributed by atoms with Crippen LogP contribution in [0.2, 0.25) is 0 Å². The van der Waals surface area contributed by atoms with Gasteiger partial charge >= 0.3 is 0 Å². The summed E-state index contributed by atoms with van der Waals surface area (Å²) in [4.78, 5) is 4.17. The fourth-order valence-electron chi connectivity index (χ4n) is 2.68. The molecule has 1 unspecified atom stereocenters. The molecule has 0 N–H and O–H groups in total. The summed E-state index contributed by atoms with van der Waals surface area (Å²) in [6, 6.07) is 25.1. The van der Waals surface area contributed by atoms with Crippen LogP contribution >= 0.6 is 8.58 Å². The van der Waals surface area contributed by atoms with Crippen molar-refractivity contribution in [3.05, 3.63) is 89.5 Å². The highest BCUT2D eigenvalue weighted by Gasteiger charge is 2.10. The third-order valence-corrected chi connectivity index (χ3v) is 5.32.